The van der Waals surface area contributed by atoms with E-state index in [0.717, 1.165) is 5.39 Å². The van der Waals surface area contributed by atoms with Gasteiger partial charge in [0.25, 0.3) is 0 Å². The summed E-state index contributed by atoms with van der Waals surface area (Å²) in [6.45, 7) is 0. The number of nitrogens with one attached hydrogen (secondary N) is 1. The van der Waals surface area contributed by atoms with Crippen molar-refractivity contribution in [3.8, 4) is 11.3 Å². The molecule has 3 aromatic rings. The molecule has 3 rings (SSSR count). The summed E-state index contributed by atoms with van der Waals surface area (Å²) in [5.41, 5.74) is 1.25. The lowest BCUT2D eigenvalue weighted by Gasteiger charge is -1.94. The number of H-pyrrole nitrogens is 1. The van der Waals surface area contributed by atoms with E-state index in [9.17, 15) is 9.18 Å². The molecule has 0 bridgehead atoms. The molecule has 0 unspecified atom stereocenters. The van der Waals surface area contributed by atoms with E-state index in [1.807, 2.05) is 0 Å². The molecule has 90 valence electrons. The highest BCUT2D eigenvalue weighted by atomic mass is 19.1. The van der Waals surface area contributed by atoms with Crippen LogP contribution in [0.5, 0.6) is 0 Å². The molecular formula is C12H7FN2O3. The number of nitrogens with zero attached hydrogens (tertiary/aromatic N) is 1. The van der Waals surface area contributed by atoms with Gasteiger partial charge in [0.15, 0.2) is 5.76 Å². The lowest BCUT2D eigenvalue weighted by atomic mass is 10.1. The molecule has 0 fully saturated rings. The van der Waals surface area contributed by atoms with Gasteiger partial charge in [-0.25, -0.2) is 14.2 Å². The summed E-state index contributed by atoms with van der Waals surface area (Å²) >= 11 is 0. The van der Waals surface area contributed by atoms with E-state index in [0.29, 0.717) is 16.8 Å². The summed E-state index contributed by atoms with van der Waals surface area (Å²) in [7, 11) is 0. The number of carboxylic acids is 1. The highest BCUT2D eigenvalue weighted by molar-refractivity contribution is 5.94. The van der Waals surface area contributed by atoms with Gasteiger partial charge < -0.3 is 14.5 Å². The van der Waals surface area contributed by atoms with Crippen LogP contribution in [0.2, 0.25) is 0 Å². The van der Waals surface area contributed by atoms with Gasteiger partial charge >= 0.3 is 11.9 Å². The van der Waals surface area contributed by atoms with Crippen molar-refractivity contribution in [1.29, 1.82) is 0 Å². The monoisotopic (exact) mass is 246 g/mol. The van der Waals surface area contributed by atoms with E-state index < -0.39 is 5.97 Å². The molecule has 2 N–H and O–H groups in total. The van der Waals surface area contributed by atoms with E-state index in [1.165, 1.54) is 18.3 Å². The SMILES string of the molecule is O=C(O)c1ncc(-c2c[nH]c3cc(F)ccc23)o1. The van der Waals surface area contributed by atoms with Crippen molar-refractivity contribution in [2.45, 2.75) is 0 Å². The van der Waals surface area contributed by atoms with E-state index in [2.05, 4.69) is 9.97 Å². The predicted molar refractivity (Wildman–Crippen MR) is 60.7 cm³/mol. The van der Waals surface area contributed by atoms with Crippen LogP contribution in [0.4, 0.5) is 4.39 Å². The third kappa shape index (κ3) is 1.55. The first-order chi connectivity index (χ1) is 8.65. The zero-order valence-corrected chi connectivity index (χ0v) is 8.98. The first-order valence-electron chi connectivity index (χ1n) is 5.11. The van der Waals surface area contributed by atoms with Gasteiger partial charge in [-0.1, -0.05) is 0 Å². The van der Waals surface area contributed by atoms with Crippen LogP contribution in [0.1, 0.15) is 10.7 Å². The summed E-state index contributed by atoms with van der Waals surface area (Å²) in [6, 6.07) is 4.28. The van der Waals surface area contributed by atoms with Gasteiger partial charge in [0.2, 0.25) is 0 Å². The van der Waals surface area contributed by atoms with Crippen LogP contribution >= 0.6 is 0 Å². The van der Waals surface area contributed by atoms with Gasteiger partial charge in [0.05, 0.1) is 6.20 Å². The van der Waals surface area contributed by atoms with Crippen molar-refractivity contribution in [1.82, 2.24) is 9.97 Å². The second-order valence-electron chi connectivity index (χ2n) is 3.73. The summed E-state index contributed by atoms with van der Waals surface area (Å²) < 4.78 is 18.1. The molecule has 18 heavy (non-hydrogen) atoms. The summed E-state index contributed by atoms with van der Waals surface area (Å²) in [5, 5.41) is 9.47. The van der Waals surface area contributed by atoms with Crippen LogP contribution in [0.15, 0.2) is 35.0 Å². The summed E-state index contributed by atoms with van der Waals surface area (Å²) in [4.78, 5) is 17.2. The molecule has 0 aliphatic heterocycles. The maximum atomic E-state index is 13.0. The fraction of sp³-hybridized carbons (Fsp3) is 0. The first kappa shape index (κ1) is 10.5. The smallest absolute Gasteiger partial charge is 0.392 e. The molecule has 0 aliphatic carbocycles. The van der Waals surface area contributed by atoms with E-state index in [4.69, 9.17) is 9.52 Å². The topological polar surface area (TPSA) is 79.1 Å². The van der Waals surface area contributed by atoms with Crippen molar-refractivity contribution in [2.24, 2.45) is 0 Å². The van der Waals surface area contributed by atoms with Crippen molar-refractivity contribution < 1.29 is 18.7 Å². The molecule has 0 aliphatic rings. The van der Waals surface area contributed by atoms with Crippen LogP contribution in [0.25, 0.3) is 22.2 Å². The van der Waals surface area contributed by atoms with Gasteiger partial charge in [-0.2, -0.15) is 0 Å². The zero-order valence-electron chi connectivity index (χ0n) is 8.98. The Labute approximate surface area is 99.9 Å². The third-order valence-corrected chi connectivity index (χ3v) is 2.60. The van der Waals surface area contributed by atoms with E-state index >= 15 is 0 Å². The highest BCUT2D eigenvalue weighted by Gasteiger charge is 2.15. The van der Waals surface area contributed by atoms with E-state index in [1.54, 1.807) is 12.3 Å². The third-order valence-electron chi connectivity index (χ3n) is 2.60. The van der Waals surface area contributed by atoms with Crippen molar-refractivity contribution >= 4 is 16.9 Å². The fourth-order valence-electron chi connectivity index (χ4n) is 1.80. The maximum Gasteiger partial charge on any atom is 0.392 e. The Morgan fingerprint density at radius 2 is 2.28 bits per heavy atom. The normalized spacial score (nSPS) is 10.9. The lowest BCUT2D eigenvalue weighted by Crippen LogP contribution is -1.94. The standard InChI is InChI=1S/C12H7FN2O3/c13-6-1-2-7-8(4-14-9(7)3-6)10-5-15-11(18-10)12(16)17/h1-5,14H,(H,16,17). The fourth-order valence-corrected chi connectivity index (χ4v) is 1.80. The molecule has 0 spiro atoms. The van der Waals surface area contributed by atoms with Gasteiger partial charge in [-0.15, -0.1) is 0 Å². The van der Waals surface area contributed by atoms with E-state index in [-0.39, 0.29) is 11.7 Å². The van der Waals surface area contributed by atoms with Crippen LogP contribution in [0.3, 0.4) is 0 Å². The predicted octanol–water partition coefficient (Wildman–Crippen LogP) is 2.66. The Kier molecular flexibility index (Phi) is 2.16. The number of oxazole rings is 1. The number of fused-ring (bicyclic) bond motifs is 1. The number of hydrogen-bond donors (Lipinski definition) is 2. The van der Waals surface area contributed by atoms with Crippen LogP contribution in [-0.2, 0) is 0 Å². The Morgan fingerprint density at radius 3 is 3.00 bits per heavy atom. The average molecular weight is 246 g/mol. The minimum absolute atomic E-state index is 0.324. The maximum absolute atomic E-state index is 13.0. The first-order valence-corrected chi connectivity index (χ1v) is 5.11. The zero-order chi connectivity index (χ0) is 12.7. The van der Waals surface area contributed by atoms with Gasteiger partial charge in [-0.05, 0) is 18.2 Å². The Balaban J connectivity index is 2.16. The second-order valence-corrected chi connectivity index (χ2v) is 3.73. The van der Waals surface area contributed by atoms with Gasteiger partial charge in [-0.3, -0.25) is 0 Å². The van der Waals surface area contributed by atoms with Gasteiger partial charge in [0.1, 0.15) is 5.82 Å². The number of rotatable bonds is 2. The molecular weight excluding hydrogens is 239 g/mol. The number of carboxylic acid groups (broad SMARTS) is 1. The molecule has 6 heteroatoms. The number of aromatic carboxylic acids is 1. The molecule has 0 saturated carbocycles. The highest BCUT2D eigenvalue weighted by Crippen LogP contribution is 2.29. The summed E-state index contributed by atoms with van der Waals surface area (Å²) in [6.07, 6.45) is 2.95. The van der Waals surface area contributed by atoms with Crippen molar-refractivity contribution in [3.63, 3.8) is 0 Å². The molecule has 2 aromatic heterocycles. The largest absolute Gasteiger partial charge is 0.474 e. The van der Waals surface area contributed by atoms with Crippen LogP contribution in [0, 0.1) is 5.82 Å². The molecule has 0 radical (unpaired) electrons. The molecule has 0 atom stereocenters. The molecule has 0 saturated heterocycles. The lowest BCUT2D eigenvalue weighted by molar-refractivity contribution is 0.0654. The summed E-state index contributed by atoms with van der Waals surface area (Å²) in [5.74, 6) is -1.63. The molecule has 0 amide bonds. The van der Waals surface area contributed by atoms with Gasteiger partial charge in [0, 0.05) is 22.7 Å². The second kappa shape index (κ2) is 3.69. The molecule has 2 heterocycles. The Morgan fingerprint density at radius 1 is 1.44 bits per heavy atom. The Hall–Kier alpha value is -2.63. The quantitative estimate of drug-likeness (QED) is 0.728. The molecule has 5 nitrogen and oxygen atoms in total. The Bertz CT molecular complexity index is 745. The van der Waals surface area contributed by atoms with Crippen molar-refractivity contribution in [3.05, 3.63) is 42.3 Å². The molecule has 1 aromatic carbocycles. The number of halogens is 1. The van der Waals surface area contributed by atoms with Crippen LogP contribution in [-0.4, -0.2) is 21.0 Å². The number of hydrogen-bond acceptors (Lipinski definition) is 3. The number of aromatic nitrogens is 2. The minimum Gasteiger partial charge on any atom is -0.474 e. The van der Waals surface area contributed by atoms with Crippen molar-refractivity contribution in [2.75, 3.05) is 0 Å². The van der Waals surface area contributed by atoms with Crippen LogP contribution < -0.4 is 0 Å². The average Bonchev–Trinajstić information content (AvgIpc) is 2.92. The number of aromatic amines is 1. The minimum atomic E-state index is -1.23. The number of benzene rings is 1. The number of carbonyl (C=O) groups is 1.